The highest BCUT2D eigenvalue weighted by atomic mass is 32.2. The molecular formula is C26H25N3O4S. The maximum Gasteiger partial charge on any atom is 0.248 e. The van der Waals surface area contributed by atoms with Crippen LogP contribution in [0.4, 0.5) is 5.69 Å². The first-order valence-corrected chi connectivity index (χ1v) is 12.4. The lowest BCUT2D eigenvalue weighted by molar-refractivity contribution is -0.117. The van der Waals surface area contributed by atoms with E-state index in [0.29, 0.717) is 22.2 Å². The molecule has 3 aromatic carbocycles. The Hall–Kier alpha value is -3.75. The number of benzene rings is 3. The Morgan fingerprint density at radius 1 is 0.971 bits per heavy atom. The SMILES string of the molecule is CCc1cccc(C)c1NC(=O)C(NS(=O)(=O)c1ccc2[nH]c(=O)ccc2c1)c1ccccc1. The fourth-order valence-corrected chi connectivity index (χ4v) is 5.06. The van der Waals surface area contributed by atoms with Gasteiger partial charge in [0.25, 0.3) is 0 Å². The normalized spacial score (nSPS) is 12.4. The van der Waals surface area contributed by atoms with Crippen molar-refractivity contribution in [1.29, 1.82) is 0 Å². The first-order chi connectivity index (χ1) is 16.3. The zero-order valence-electron chi connectivity index (χ0n) is 18.8. The molecule has 4 aromatic rings. The van der Waals surface area contributed by atoms with Gasteiger partial charge in [-0.05, 0) is 59.7 Å². The third kappa shape index (κ3) is 4.93. The van der Waals surface area contributed by atoms with E-state index in [1.54, 1.807) is 36.4 Å². The number of H-pyrrole nitrogens is 1. The molecule has 1 atom stereocenters. The number of aryl methyl sites for hydroxylation is 2. The molecule has 0 aliphatic heterocycles. The number of nitrogens with one attached hydrogen (secondary N) is 3. The monoisotopic (exact) mass is 475 g/mol. The Morgan fingerprint density at radius 3 is 2.47 bits per heavy atom. The van der Waals surface area contributed by atoms with Crippen LogP contribution in [0.1, 0.15) is 29.7 Å². The molecule has 0 saturated heterocycles. The van der Waals surface area contributed by atoms with Gasteiger partial charge in [-0.25, -0.2) is 8.42 Å². The first-order valence-electron chi connectivity index (χ1n) is 10.9. The van der Waals surface area contributed by atoms with Gasteiger partial charge in [-0.15, -0.1) is 0 Å². The summed E-state index contributed by atoms with van der Waals surface area (Å²) in [6.45, 7) is 3.89. The smallest absolute Gasteiger partial charge is 0.248 e. The minimum absolute atomic E-state index is 0.00841. The van der Waals surface area contributed by atoms with E-state index in [4.69, 9.17) is 0 Å². The summed E-state index contributed by atoms with van der Waals surface area (Å²) in [6, 6.07) is 20.6. The Morgan fingerprint density at radius 2 is 1.74 bits per heavy atom. The summed E-state index contributed by atoms with van der Waals surface area (Å²) in [5.41, 5.74) is 3.31. The van der Waals surface area contributed by atoms with Crippen LogP contribution < -0.4 is 15.6 Å². The minimum Gasteiger partial charge on any atom is -0.324 e. The Labute approximate surface area is 197 Å². The van der Waals surface area contributed by atoms with Crippen LogP contribution in [0.3, 0.4) is 0 Å². The van der Waals surface area contributed by atoms with Crippen LogP contribution in [0.5, 0.6) is 0 Å². The second-order valence-corrected chi connectivity index (χ2v) is 9.70. The summed E-state index contributed by atoms with van der Waals surface area (Å²) in [6.07, 6.45) is 0.720. The van der Waals surface area contributed by atoms with Gasteiger partial charge in [0.05, 0.1) is 4.90 Å². The number of fused-ring (bicyclic) bond motifs is 1. The molecule has 1 unspecified atom stereocenters. The molecule has 1 heterocycles. The van der Waals surface area contributed by atoms with E-state index in [1.807, 2.05) is 32.0 Å². The van der Waals surface area contributed by atoms with Crippen LogP contribution in [0.15, 0.2) is 88.6 Å². The van der Waals surface area contributed by atoms with Gasteiger partial charge in [-0.3, -0.25) is 9.59 Å². The lowest BCUT2D eigenvalue weighted by Crippen LogP contribution is -2.37. The average molecular weight is 476 g/mol. The summed E-state index contributed by atoms with van der Waals surface area (Å²) < 4.78 is 29.2. The third-order valence-electron chi connectivity index (χ3n) is 5.66. The number of pyridine rings is 1. The van der Waals surface area contributed by atoms with Crippen molar-refractivity contribution in [2.45, 2.75) is 31.2 Å². The van der Waals surface area contributed by atoms with Crippen molar-refractivity contribution in [2.24, 2.45) is 0 Å². The highest BCUT2D eigenvalue weighted by molar-refractivity contribution is 7.89. The van der Waals surface area contributed by atoms with Gasteiger partial charge in [0.15, 0.2) is 0 Å². The van der Waals surface area contributed by atoms with E-state index < -0.39 is 22.0 Å². The Bertz CT molecular complexity index is 1510. The highest BCUT2D eigenvalue weighted by Gasteiger charge is 2.28. The second kappa shape index (κ2) is 9.62. The Kier molecular flexibility index (Phi) is 6.63. The van der Waals surface area contributed by atoms with Gasteiger partial charge < -0.3 is 10.3 Å². The summed E-state index contributed by atoms with van der Waals surface area (Å²) in [5.74, 6) is -0.483. The van der Waals surface area contributed by atoms with E-state index in [-0.39, 0.29) is 10.5 Å². The molecule has 0 saturated carbocycles. The fourth-order valence-electron chi connectivity index (χ4n) is 3.84. The van der Waals surface area contributed by atoms with Crippen LogP contribution in [-0.4, -0.2) is 19.3 Å². The van der Waals surface area contributed by atoms with Gasteiger partial charge in [-0.1, -0.05) is 55.5 Å². The number of aromatic amines is 1. The van der Waals surface area contributed by atoms with E-state index in [9.17, 15) is 18.0 Å². The van der Waals surface area contributed by atoms with Crippen LogP contribution >= 0.6 is 0 Å². The number of aromatic nitrogens is 1. The number of para-hydroxylation sites is 1. The molecule has 0 radical (unpaired) electrons. The van der Waals surface area contributed by atoms with Crippen molar-refractivity contribution in [3.63, 3.8) is 0 Å². The maximum atomic E-state index is 13.4. The van der Waals surface area contributed by atoms with Crippen LogP contribution in [-0.2, 0) is 21.2 Å². The fraction of sp³-hybridized carbons (Fsp3) is 0.154. The molecule has 0 spiro atoms. The molecule has 34 heavy (non-hydrogen) atoms. The van der Waals surface area contributed by atoms with Crippen molar-refractivity contribution in [3.05, 3.63) is 106 Å². The maximum absolute atomic E-state index is 13.4. The molecule has 8 heteroatoms. The number of rotatable bonds is 7. The molecule has 7 nitrogen and oxygen atoms in total. The Balaban J connectivity index is 1.70. The summed E-state index contributed by atoms with van der Waals surface area (Å²) in [4.78, 5) is 27.6. The molecule has 174 valence electrons. The number of amides is 1. The third-order valence-corrected chi connectivity index (χ3v) is 7.08. The predicted molar refractivity (Wildman–Crippen MR) is 133 cm³/mol. The number of carbonyl (C=O) groups is 1. The van der Waals surface area contributed by atoms with Crippen LogP contribution in [0.2, 0.25) is 0 Å². The number of hydrogen-bond acceptors (Lipinski definition) is 4. The molecule has 4 rings (SSSR count). The number of anilines is 1. The highest BCUT2D eigenvalue weighted by Crippen LogP contribution is 2.25. The van der Waals surface area contributed by atoms with Crippen LogP contribution in [0, 0.1) is 6.92 Å². The van der Waals surface area contributed by atoms with Gasteiger partial charge >= 0.3 is 0 Å². The first kappa shape index (κ1) is 23.4. The number of sulfonamides is 1. The molecule has 0 fully saturated rings. The summed E-state index contributed by atoms with van der Waals surface area (Å²) in [5, 5.41) is 3.50. The van der Waals surface area contributed by atoms with Crippen molar-refractivity contribution in [2.75, 3.05) is 5.32 Å². The summed E-state index contributed by atoms with van der Waals surface area (Å²) >= 11 is 0. The zero-order chi connectivity index (χ0) is 24.3. The van der Waals surface area contributed by atoms with E-state index >= 15 is 0 Å². The molecule has 0 aliphatic carbocycles. The molecule has 3 N–H and O–H groups in total. The molecule has 1 aromatic heterocycles. The number of carbonyl (C=O) groups excluding carboxylic acids is 1. The van der Waals surface area contributed by atoms with E-state index in [0.717, 1.165) is 17.5 Å². The molecule has 0 bridgehead atoms. The second-order valence-electron chi connectivity index (χ2n) is 7.99. The van der Waals surface area contributed by atoms with Gasteiger partial charge in [0.2, 0.25) is 21.5 Å². The van der Waals surface area contributed by atoms with Gasteiger partial charge in [0.1, 0.15) is 6.04 Å². The van der Waals surface area contributed by atoms with Crippen molar-refractivity contribution in [3.8, 4) is 0 Å². The van der Waals surface area contributed by atoms with Crippen molar-refractivity contribution in [1.82, 2.24) is 9.71 Å². The lowest BCUT2D eigenvalue weighted by Gasteiger charge is -2.21. The molecule has 1 amide bonds. The standard InChI is InChI=1S/C26H25N3O4S/c1-3-18-11-7-8-17(2)24(18)28-26(31)25(19-9-5-4-6-10-19)29-34(32,33)21-13-14-22-20(16-21)12-15-23(30)27-22/h4-16,25,29H,3H2,1-2H3,(H,27,30)(H,28,31). The predicted octanol–water partition coefficient (Wildman–Crippen LogP) is 4.06. The minimum atomic E-state index is -4.08. The van der Waals surface area contributed by atoms with E-state index in [1.165, 1.54) is 24.3 Å². The zero-order valence-corrected chi connectivity index (χ0v) is 19.6. The van der Waals surface area contributed by atoms with Crippen molar-refractivity contribution >= 4 is 32.5 Å². The van der Waals surface area contributed by atoms with Gasteiger partial charge in [-0.2, -0.15) is 4.72 Å². The number of hydrogen-bond donors (Lipinski definition) is 3. The molecule has 0 aliphatic rings. The van der Waals surface area contributed by atoms with Crippen LogP contribution in [0.25, 0.3) is 10.9 Å². The van der Waals surface area contributed by atoms with Crippen molar-refractivity contribution < 1.29 is 13.2 Å². The quantitative estimate of drug-likeness (QED) is 0.375. The topological polar surface area (TPSA) is 108 Å². The van der Waals surface area contributed by atoms with Gasteiger partial charge in [0, 0.05) is 17.3 Å². The summed E-state index contributed by atoms with van der Waals surface area (Å²) in [7, 11) is -4.08. The molecular weight excluding hydrogens is 450 g/mol. The average Bonchev–Trinajstić information content (AvgIpc) is 2.83. The van der Waals surface area contributed by atoms with E-state index in [2.05, 4.69) is 15.0 Å². The largest absolute Gasteiger partial charge is 0.324 e. The lowest BCUT2D eigenvalue weighted by atomic mass is 10.0.